The van der Waals surface area contributed by atoms with Gasteiger partial charge in [0.1, 0.15) is 0 Å². The molecule has 20 heavy (non-hydrogen) atoms. The van der Waals surface area contributed by atoms with E-state index in [-0.39, 0.29) is 30.1 Å². The molecular formula is C13H14Cl2N2O3. The third kappa shape index (κ3) is 3.77. The highest BCUT2D eigenvalue weighted by atomic mass is 35.5. The molecular weight excluding hydrogens is 303 g/mol. The average Bonchev–Trinajstić information content (AvgIpc) is 3.19. The van der Waals surface area contributed by atoms with Crippen LogP contribution in [0.1, 0.15) is 19.3 Å². The number of hydrogen-bond acceptors (Lipinski definition) is 2. The molecule has 0 unspecified atom stereocenters. The lowest BCUT2D eigenvalue weighted by Gasteiger charge is -2.22. The van der Waals surface area contributed by atoms with Crippen LogP contribution in [0.25, 0.3) is 0 Å². The first kappa shape index (κ1) is 14.9. The molecule has 108 valence electrons. The van der Waals surface area contributed by atoms with Crippen LogP contribution in [0, 0.1) is 0 Å². The molecule has 1 saturated carbocycles. The quantitative estimate of drug-likeness (QED) is 0.873. The summed E-state index contributed by atoms with van der Waals surface area (Å²) in [6, 6.07) is 4.73. The molecule has 0 heterocycles. The number of urea groups is 1. The van der Waals surface area contributed by atoms with E-state index in [1.54, 1.807) is 18.2 Å². The highest BCUT2D eigenvalue weighted by Gasteiger charge is 2.32. The Balaban J connectivity index is 2.04. The maximum absolute atomic E-state index is 12.2. The Hall–Kier alpha value is -1.46. The number of nitrogens with zero attached hydrogens (tertiary/aromatic N) is 1. The van der Waals surface area contributed by atoms with Crippen LogP contribution in [0.15, 0.2) is 18.2 Å². The van der Waals surface area contributed by atoms with Gasteiger partial charge in [-0.2, -0.15) is 0 Å². The molecule has 1 aromatic rings. The van der Waals surface area contributed by atoms with Crippen LogP contribution in [-0.2, 0) is 4.79 Å². The summed E-state index contributed by atoms with van der Waals surface area (Å²) in [4.78, 5) is 24.4. The van der Waals surface area contributed by atoms with Gasteiger partial charge in [0.05, 0.1) is 22.2 Å². The SMILES string of the molecule is O=C(O)CCN(C(=O)Nc1cccc(Cl)c1Cl)C1CC1. The van der Waals surface area contributed by atoms with E-state index >= 15 is 0 Å². The Morgan fingerprint density at radius 2 is 2.05 bits per heavy atom. The van der Waals surface area contributed by atoms with Crippen LogP contribution in [0.2, 0.25) is 10.0 Å². The molecule has 0 spiro atoms. The number of anilines is 1. The number of nitrogens with one attached hydrogen (secondary N) is 1. The van der Waals surface area contributed by atoms with Gasteiger partial charge in [-0.3, -0.25) is 4.79 Å². The van der Waals surface area contributed by atoms with Crippen LogP contribution < -0.4 is 5.32 Å². The summed E-state index contributed by atoms with van der Waals surface area (Å²) in [5.74, 6) is -0.927. The Bertz CT molecular complexity index is 532. The summed E-state index contributed by atoms with van der Waals surface area (Å²) in [7, 11) is 0. The summed E-state index contributed by atoms with van der Waals surface area (Å²) >= 11 is 11.9. The topological polar surface area (TPSA) is 69.6 Å². The first-order chi connectivity index (χ1) is 9.49. The van der Waals surface area contributed by atoms with Crippen molar-refractivity contribution in [3.05, 3.63) is 28.2 Å². The summed E-state index contributed by atoms with van der Waals surface area (Å²) in [5.41, 5.74) is 0.421. The predicted molar refractivity (Wildman–Crippen MR) is 77.5 cm³/mol. The second-order valence-corrected chi connectivity index (χ2v) is 5.39. The van der Waals surface area contributed by atoms with Crippen molar-refractivity contribution in [2.45, 2.75) is 25.3 Å². The molecule has 0 radical (unpaired) electrons. The minimum atomic E-state index is -0.927. The molecule has 1 aliphatic rings. The Morgan fingerprint density at radius 3 is 2.65 bits per heavy atom. The zero-order valence-corrected chi connectivity index (χ0v) is 12.1. The van der Waals surface area contributed by atoms with Crippen molar-refractivity contribution in [2.75, 3.05) is 11.9 Å². The van der Waals surface area contributed by atoms with E-state index in [1.807, 2.05) is 0 Å². The lowest BCUT2D eigenvalue weighted by molar-refractivity contribution is -0.137. The number of carbonyl (C=O) groups is 2. The van der Waals surface area contributed by atoms with Gasteiger partial charge in [0.15, 0.2) is 0 Å². The van der Waals surface area contributed by atoms with E-state index in [0.717, 1.165) is 12.8 Å². The van der Waals surface area contributed by atoms with Crippen molar-refractivity contribution in [1.29, 1.82) is 0 Å². The molecule has 1 fully saturated rings. The van der Waals surface area contributed by atoms with Crippen molar-refractivity contribution < 1.29 is 14.7 Å². The molecule has 0 aromatic heterocycles. The molecule has 7 heteroatoms. The molecule has 0 atom stereocenters. The summed E-state index contributed by atoms with van der Waals surface area (Å²) in [6.45, 7) is 0.185. The molecule has 1 aliphatic carbocycles. The fraction of sp³-hybridized carbons (Fsp3) is 0.385. The molecule has 2 amide bonds. The monoisotopic (exact) mass is 316 g/mol. The van der Waals surface area contributed by atoms with Gasteiger partial charge in [-0.15, -0.1) is 0 Å². The van der Waals surface area contributed by atoms with Crippen molar-refractivity contribution in [3.63, 3.8) is 0 Å². The van der Waals surface area contributed by atoms with Gasteiger partial charge in [0.2, 0.25) is 0 Å². The van der Waals surface area contributed by atoms with Gasteiger partial charge < -0.3 is 15.3 Å². The lowest BCUT2D eigenvalue weighted by Crippen LogP contribution is -2.38. The number of carbonyl (C=O) groups excluding carboxylic acids is 1. The van der Waals surface area contributed by atoms with Crippen LogP contribution in [0.3, 0.4) is 0 Å². The first-order valence-corrected chi connectivity index (χ1v) is 6.98. The smallest absolute Gasteiger partial charge is 0.322 e. The Kier molecular flexibility index (Phi) is 4.73. The third-order valence-corrected chi connectivity index (χ3v) is 3.83. The number of halogens is 2. The van der Waals surface area contributed by atoms with Crippen LogP contribution >= 0.6 is 23.2 Å². The Labute approximate surface area is 126 Å². The number of rotatable bonds is 5. The van der Waals surface area contributed by atoms with Gasteiger partial charge in [0.25, 0.3) is 0 Å². The van der Waals surface area contributed by atoms with E-state index < -0.39 is 5.97 Å². The van der Waals surface area contributed by atoms with Gasteiger partial charge in [-0.25, -0.2) is 4.79 Å². The van der Waals surface area contributed by atoms with Crippen molar-refractivity contribution in [2.24, 2.45) is 0 Å². The van der Waals surface area contributed by atoms with E-state index in [0.29, 0.717) is 10.7 Å². The van der Waals surface area contributed by atoms with Gasteiger partial charge in [0, 0.05) is 12.6 Å². The van der Waals surface area contributed by atoms with E-state index in [4.69, 9.17) is 28.3 Å². The average molecular weight is 317 g/mol. The first-order valence-electron chi connectivity index (χ1n) is 6.22. The van der Waals surface area contributed by atoms with E-state index in [9.17, 15) is 9.59 Å². The number of hydrogen-bond donors (Lipinski definition) is 2. The molecule has 2 rings (SSSR count). The molecule has 0 saturated heterocycles. The zero-order chi connectivity index (χ0) is 14.7. The van der Waals surface area contributed by atoms with Crippen LogP contribution in [0.5, 0.6) is 0 Å². The zero-order valence-electron chi connectivity index (χ0n) is 10.6. The lowest BCUT2D eigenvalue weighted by atomic mass is 10.3. The number of amides is 2. The Morgan fingerprint density at radius 1 is 1.35 bits per heavy atom. The van der Waals surface area contributed by atoms with Crippen LogP contribution in [-0.4, -0.2) is 34.6 Å². The summed E-state index contributed by atoms with van der Waals surface area (Å²) in [5, 5.41) is 12.0. The summed E-state index contributed by atoms with van der Waals surface area (Å²) < 4.78 is 0. The standard InChI is InChI=1S/C13H14Cl2N2O3/c14-9-2-1-3-10(12(9)15)16-13(20)17(8-4-5-8)7-6-11(18)19/h1-3,8H,4-7H2,(H,16,20)(H,18,19). The molecule has 0 aliphatic heterocycles. The molecule has 2 N–H and O–H groups in total. The maximum Gasteiger partial charge on any atom is 0.322 e. The highest BCUT2D eigenvalue weighted by Crippen LogP contribution is 2.31. The summed E-state index contributed by atoms with van der Waals surface area (Å²) in [6.07, 6.45) is 1.72. The third-order valence-electron chi connectivity index (χ3n) is 3.01. The van der Waals surface area contributed by atoms with Crippen molar-refractivity contribution >= 4 is 40.9 Å². The van der Waals surface area contributed by atoms with Gasteiger partial charge in [-0.1, -0.05) is 29.3 Å². The van der Waals surface area contributed by atoms with Gasteiger partial charge >= 0.3 is 12.0 Å². The van der Waals surface area contributed by atoms with E-state index in [1.165, 1.54) is 4.90 Å². The van der Waals surface area contributed by atoms with E-state index in [2.05, 4.69) is 5.32 Å². The molecule has 1 aromatic carbocycles. The number of aliphatic carboxylic acids is 1. The second-order valence-electron chi connectivity index (χ2n) is 4.60. The largest absolute Gasteiger partial charge is 0.481 e. The number of benzene rings is 1. The number of carboxylic acid groups (broad SMARTS) is 1. The second kappa shape index (κ2) is 6.33. The normalized spacial score (nSPS) is 13.9. The van der Waals surface area contributed by atoms with Gasteiger partial charge in [-0.05, 0) is 25.0 Å². The van der Waals surface area contributed by atoms with Crippen molar-refractivity contribution in [3.8, 4) is 0 Å². The minimum Gasteiger partial charge on any atom is -0.481 e. The molecule has 5 nitrogen and oxygen atoms in total. The fourth-order valence-electron chi connectivity index (χ4n) is 1.84. The predicted octanol–water partition coefficient (Wildman–Crippen LogP) is 3.46. The number of carboxylic acids is 1. The highest BCUT2D eigenvalue weighted by molar-refractivity contribution is 6.43. The fourth-order valence-corrected chi connectivity index (χ4v) is 2.19. The van der Waals surface area contributed by atoms with Crippen LogP contribution in [0.4, 0.5) is 10.5 Å². The van der Waals surface area contributed by atoms with Crippen molar-refractivity contribution in [1.82, 2.24) is 4.90 Å². The maximum atomic E-state index is 12.2. The molecule has 0 bridgehead atoms. The minimum absolute atomic E-state index is 0.0762.